The van der Waals surface area contributed by atoms with E-state index in [1.807, 2.05) is 36.4 Å². The molecule has 7 nitrogen and oxygen atoms in total. The highest BCUT2D eigenvalue weighted by Gasteiger charge is 2.42. The number of ketones is 1. The quantitative estimate of drug-likeness (QED) is 0.488. The van der Waals surface area contributed by atoms with Crippen LogP contribution >= 0.6 is 0 Å². The Balaban J connectivity index is 1.76. The third-order valence-electron chi connectivity index (χ3n) is 6.28. The summed E-state index contributed by atoms with van der Waals surface area (Å²) in [5.41, 5.74) is 2.47. The minimum absolute atomic E-state index is 0.0753. The highest BCUT2D eigenvalue weighted by atomic mass is 16.5. The van der Waals surface area contributed by atoms with Crippen LogP contribution < -0.4 is 19.7 Å². The Hall–Kier alpha value is -4.13. The van der Waals surface area contributed by atoms with Crippen molar-refractivity contribution in [1.82, 2.24) is 0 Å². The molecule has 0 saturated carbocycles. The fourth-order valence-corrected chi connectivity index (χ4v) is 4.53. The molecule has 0 bridgehead atoms. The van der Waals surface area contributed by atoms with E-state index in [2.05, 4.69) is 5.32 Å². The molecule has 2 amide bonds. The number of ether oxygens (including phenoxy) is 2. The third-order valence-corrected chi connectivity index (χ3v) is 6.28. The van der Waals surface area contributed by atoms with Crippen LogP contribution in [0.5, 0.6) is 11.5 Å². The van der Waals surface area contributed by atoms with Crippen molar-refractivity contribution in [2.24, 2.45) is 5.92 Å². The van der Waals surface area contributed by atoms with Crippen molar-refractivity contribution in [2.75, 3.05) is 24.4 Å². The highest BCUT2D eigenvalue weighted by Crippen LogP contribution is 2.43. The number of benzene rings is 3. The van der Waals surface area contributed by atoms with Crippen molar-refractivity contribution in [3.63, 3.8) is 0 Å². The van der Waals surface area contributed by atoms with Crippen molar-refractivity contribution in [3.8, 4) is 11.5 Å². The lowest BCUT2D eigenvalue weighted by Crippen LogP contribution is -2.47. The number of hydrogen-bond donors (Lipinski definition) is 1. The van der Waals surface area contributed by atoms with Crippen molar-refractivity contribution < 1.29 is 23.9 Å². The molecular weight excluding hydrogens is 444 g/mol. The van der Waals surface area contributed by atoms with Crippen molar-refractivity contribution >= 4 is 29.0 Å². The summed E-state index contributed by atoms with van der Waals surface area (Å²) in [6.07, 6.45) is 0.607. The molecule has 1 fully saturated rings. The Kier molecular flexibility index (Phi) is 7.15. The number of carbonyl (C=O) groups excluding carboxylic acids is 3. The Morgan fingerprint density at radius 1 is 0.943 bits per heavy atom. The zero-order valence-corrected chi connectivity index (χ0v) is 20.0. The summed E-state index contributed by atoms with van der Waals surface area (Å²) >= 11 is 0. The number of nitrogens with one attached hydrogen (secondary N) is 1. The largest absolute Gasteiger partial charge is 0.497 e. The second-order valence-electron chi connectivity index (χ2n) is 8.42. The van der Waals surface area contributed by atoms with Crippen LogP contribution in [0, 0.1) is 5.92 Å². The number of para-hydroxylation sites is 1. The van der Waals surface area contributed by atoms with Crippen LogP contribution in [0.3, 0.4) is 0 Å². The summed E-state index contributed by atoms with van der Waals surface area (Å²) in [5, 5.41) is 2.96. The number of amides is 2. The molecule has 35 heavy (non-hydrogen) atoms. The number of anilines is 2. The van der Waals surface area contributed by atoms with Crippen LogP contribution in [0.4, 0.5) is 11.4 Å². The molecule has 3 aromatic rings. The first-order valence-electron chi connectivity index (χ1n) is 11.4. The van der Waals surface area contributed by atoms with Gasteiger partial charge in [-0.15, -0.1) is 0 Å². The molecule has 0 radical (unpaired) electrons. The van der Waals surface area contributed by atoms with Gasteiger partial charge in [0.1, 0.15) is 11.5 Å². The standard InChI is InChI=1S/C28H28N2O5/c1-18(31)19-7-6-8-20(17-19)29-28(33)24-15-16-26(32)30(21-11-13-22(34-2)14-12-21)27(24)23-9-4-5-10-25(23)35-3/h4-14,17,24,27H,15-16H2,1-3H3,(H,29,33). The number of methoxy groups -OCH3 is 2. The predicted molar refractivity (Wildman–Crippen MR) is 134 cm³/mol. The number of Topliss-reactive ketones (excluding diaryl/α,β-unsaturated/α-hetero) is 1. The van der Waals surface area contributed by atoms with Gasteiger partial charge >= 0.3 is 0 Å². The first-order valence-corrected chi connectivity index (χ1v) is 11.4. The molecule has 2 atom stereocenters. The van der Waals surface area contributed by atoms with Gasteiger partial charge in [0.15, 0.2) is 5.78 Å². The number of carbonyl (C=O) groups is 3. The van der Waals surface area contributed by atoms with Gasteiger partial charge in [-0.1, -0.05) is 30.3 Å². The smallest absolute Gasteiger partial charge is 0.229 e. The van der Waals surface area contributed by atoms with E-state index in [-0.39, 0.29) is 24.0 Å². The molecule has 180 valence electrons. The molecule has 1 aliphatic rings. The molecule has 3 aromatic carbocycles. The minimum atomic E-state index is -0.586. The minimum Gasteiger partial charge on any atom is -0.497 e. The maximum atomic E-state index is 13.6. The summed E-state index contributed by atoms with van der Waals surface area (Å²) in [6.45, 7) is 1.48. The van der Waals surface area contributed by atoms with Gasteiger partial charge < -0.3 is 19.7 Å². The molecular formula is C28H28N2O5. The Labute approximate surface area is 204 Å². The maximum Gasteiger partial charge on any atom is 0.229 e. The monoisotopic (exact) mass is 472 g/mol. The SMILES string of the molecule is COc1ccc(N2C(=O)CCC(C(=O)Nc3cccc(C(C)=O)c3)C2c2ccccc2OC)cc1. The maximum absolute atomic E-state index is 13.6. The molecule has 1 saturated heterocycles. The van der Waals surface area contributed by atoms with E-state index in [9.17, 15) is 14.4 Å². The molecule has 7 heteroatoms. The number of hydrogen-bond acceptors (Lipinski definition) is 5. The molecule has 1 N–H and O–H groups in total. The van der Waals surface area contributed by atoms with E-state index in [0.717, 1.165) is 5.56 Å². The zero-order valence-electron chi connectivity index (χ0n) is 20.0. The van der Waals surface area contributed by atoms with Gasteiger partial charge in [0.25, 0.3) is 0 Å². The van der Waals surface area contributed by atoms with Crippen LogP contribution in [0.2, 0.25) is 0 Å². The highest BCUT2D eigenvalue weighted by molar-refractivity contribution is 6.01. The van der Waals surface area contributed by atoms with Crippen LogP contribution in [-0.2, 0) is 9.59 Å². The molecule has 2 unspecified atom stereocenters. The molecule has 0 spiro atoms. The van der Waals surface area contributed by atoms with Crippen molar-refractivity contribution in [3.05, 3.63) is 83.9 Å². The number of piperidine rings is 1. The first kappa shape index (κ1) is 24.0. The third kappa shape index (κ3) is 5.04. The summed E-state index contributed by atoms with van der Waals surface area (Å²) in [7, 11) is 3.16. The molecule has 4 rings (SSSR count). The van der Waals surface area contributed by atoms with E-state index in [0.29, 0.717) is 34.9 Å². The van der Waals surface area contributed by atoms with Crippen LogP contribution in [0.25, 0.3) is 0 Å². The summed E-state index contributed by atoms with van der Waals surface area (Å²) < 4.78 is 10.9. The first-order chi connectivity index (χ1) is 16.9. The van der Waals surface area contributed by atoms with Crippen LogP contribution in [0.15, 0.2) is 72.8 Å². The lowest BCUT2D eigenvalue weighted by Gasteiger charge is -2.41. The van der Waals surface area contributed by atoms with E-state index in [4.69, 9.17) is 9.47 Å². The summed E-state index contributed by atoms with van der Waals surface area (Å²) in [4.78, 5) is 40.4. The van der Waals surface area contributed by atoms with Gasteiger partial charge in [-0.3, -0.25) is 14.4 Å². The molecule has 0 aromatic heterocycles. The van der Waals surface area contributed by atoms with Crippen LogP contribution in [-0.4, -0.2) is 31.8 Å². The van der Waals surface area contributed by atoms with Crippen molar-refractivity contribution in [1.29, 1.82) is 0 Å². The summed E-state index contributed by atoms with van der Waals surface area (Å²) in [5.74, 6) is 0.337. The topological polar surface area (TPSA) is 84.9 Å². The number of rotatable bonds is 7. The normalized spacial score (nSPS) is 17.6. The van der Waals surface area contributed by atoms with Crippen molar-refractivity contribution in [2.45, 2.75) is 25.8 Å². The summed E-state index contributed by atoms with van der Waals surface area (Å²) in [6, 6.07) is 20.9. The van der Waals surface area contributed by atoms with Gasteiger partial charge in [-0.05, 0) is 55.8 Å². The number of nitrogens with zero attached hydrogens (tertiary/aromatic N) is 1. The van der Waals surface area contributed by atoms with Gasteiger partial charge in [-0.25, -0.2) is 0 Å². The van der Waals surface area contributed by atoms with E-state index in [1.54, 1.807) is 55.5 Å². The van der Waals surface area contributed by atoms with Gasteiger partial charge in [0.2, 0.25) is 11.8 Å². The van der Waals surface area contributed by atoms with E-state index >= 15 is 0 Å². The average Bonchev–Trinajstić information content (AvgIpc) is 2.88. The second-order valence-corrected chi connectivity index (χ2v) is 8.42. The fourth-order valence-electron chi connectivity index (χ4n) is 4.53. The lowest BCUT2D eigenvalue weighted by molar-refractivity contribution is -0.126. The molecule has 0 aliphatic carbocycles. The van der Waals surface area contributed by atoms with E-state index < -0.39 is 12.0 Å². The fraction of sp³-hybridized carbons (Fsp3) is 0.250. The van der Waals surface area contributed by atoms with Crippen LogP contribution in [0.1, 0.15) is 41.7 Å². The Morgan fingerprint density at radius 3 is 2.37 bits per heavy atom. The van der Waals surface area contributed by atoms with Gasteiger partial charge in [0.05, 0.1) is 26.2 Å². The second kappa shape index (κ2) is 10.4. The lowest BCUT2D eigenvalue weighted by atomic mass is 9.82. The Morgan fingerprint density at radius 2 is 1.69 bits per heavy atom. The molecule has 1 aliphatic heterocycles. The van der Waals surface area contributed by atoms with E-state index in [1.165, 1.54) is 6.92 Å². The Bertz CT molecular complexity index is 1240. The van der Waals surface area contributed by atoms with Gasteiger partial charge in [-0.2, -0.15) is 0 Å². The molecule has 1 heterocycles. The average molecular weight is 473 g/mol. The van der Waals surface area contributed by atoms with Gasteiger partial charge in [0, 0.05) is 28.9 Å². The zero-order chi connectivity index (χ0) is 24.9. The predicted octanol–water partition coefficient (Wildman–Crippen LogP) is 5.03.